The first-order valence-electron chi connectivity index (χ1n) is 9.59. The summed E-state index contributed by atoms with van der Waals surface area (Å²) in [6.07, 6.45) is 3.23. The summed E-state index contributed by atoms with van der Waals surface area (Å²) in [6.45, 7) is 4.36. The van der Waals surface area contributed by atoms with Crippen LogP contribution in [0.5, 0.6) is 0 Å². The van der Waals surface area contributed by atoms with E-state index in [4.69, 9.17) is 8.83 Å². The van der Waals surface area contributed by atoms with Crippen LogP contribution in [0.3, 0.4) is 0 Å². The average molecular weight is 423 g/mol. The number of thioether (sulfide) groups is 1. The van der Waals surface area contributed by atoms with Crippen LogP contribution in [0.2, 0.25) is 0 Å². The van der Waals surface area contributed by atoms with E-state index in [2.05, 4.69) is 39.1 Å². The molecule has 8 heteroatoms. The van der Waals surface area contributed by atoms with E-state index in [0.29, 0.717) is 17.5 Å². The highest BCUT2D eigenvalue weighted by Crippen LogP contribution is 2.32. The van der Waals surface area contributed by atoms with Crippen molar-refractivity contribution in [3.05, 3.63) is 78.1 Å². The number of amides is 1. The summed E-state index contributed by atoms with van der Waals surface area (Å²) in [6, 6.07) is 15.6. The first kappa shape index (κ1) is 20.0. The smallest absolute Gasteiger partial charge is 0.230 e. The Morgan fingerprint density at radius 3 is 2.63 bits per heavy atom. The fourth-order valence-corrected chi connectivity index (χ4v) is 4.03. The van der Waals surface area contributed by atoms with Crippen molar-refractivity contribution in [1.82, 2.24) is 20.1 Å². The number of nitrogens with one attached hydrogen (secondary N) is 1. The summed E-state index contributed by atoms with van der Waals surface area (Å²) < 4.78 is 12.8. The van der Waals surface area contributed by atoms with Crippen molar-refractivity contribution < 1.29 is 13.6 Å². The van der Waals surface area contributed by atoms with Gasteiger partial charge in [0.05, 0.1) is 36.4 Å². The number of furan rings is 2. The molecule has 30 heavy (non-hydrogen) atoms. The molecule has 4 aromatic rings. The van der Waals surface area contributed by atoms with Gasteiger partial charge in [-0.3, -0.25) is 9.36 Å². The molecule has 0 saturated heterocycles. The molecule has 0 aliphatic heterocycles. The molecule has 154 valence electrons. The monoisotopic (exact) mass is 422 g/mol. The molecule has 0 radical (unpaired) electrons. The Morgan fingerprint density at radius 2 is 1.93 bits per heavy atom. The van der Waals surface area contributed by atoms with Gasteiger partial charge in [-0.2, -0.15) is 0 Å². The minimum Gasteiger partial charge on any atom is -0.469 e. The minimum absolute atomic E-state index is 0.0146. The molecule has 0 saturated carbocycles. The van der Waals surface area contributed by atoms with Gasteiger partial charge >= 0.3 is 0 Å². The maximum Gasteiger partial charge on any atom is 0.230 e. The van der Waals surface area contributed by atoms with Crippen LogP contribution in [-0.2, 0) is 11.3 Å². The number of carbonyl (C=O) groups excluding carboxylic acids is 1. The van der Waals surface area contributed by atoms with Crippen LogP contribution in [0.1, 0.15) is 30.0 Å². The van der Waals surface area contributed by atoms with Gasteiger partial charge in [0.25, 0.3) is 0 Å². The Hall–Kier alpha value is -3.26. The molecule has 0 aliphatic carbocycles. The Morgan fingerprint density at radius 1 is 1.10 bits per heavy atom. The standard InChI is InChI=1S/C22H22N4O3S/c1-15(17-7-4-3-5-8-17)26-21(19-10-12-28-16(19)2)24-25-22(26)30-14-20(27)23-13-18-9-6-11-29-18/h3-12,15H,13-14H2,1-2H3,(H,23,27). The van der Waals surface area contributed by atoms with Crippen LogP contribution < -0.4 is 5.32 Å². The Labute approximate surface area is 178 Å². The quantitative estimate of drug-likeness (QED) is 0.422. The molecular formula is C22H22N4O3S. The molecule has 4 rings (SSSR count). The maximum absolute atomic E-state index is 12.3. The topological polar surface area (TPSA) is 86.1 Å². The second-order valence-corrected chi connectivity index (χ2v) is 7.74. The number of hydrogen-bond acceptors (Lipinski definition) is 6. The lowest BCUT2D eigenvalue weighted by atomic mass is 10.1. The molecule has 3 aromatic heterocycles. The summed E-state index contributed by atoms with van der Waals surface area (Å²) >= 11 is 1.36. The maximum atomic E-state index is 12.3. The number of benzene rings is 1. The third kappa shape index (κ3) is 4.33. The first-order chi connectivity index (χ1) is 14.6. The fourth-order valence-electron chi connectivity index (χ4n) is 3.19. The van der Waals surface area contributed by atoms with Crippen molar-refractivity contribution in [2.75, 3.05) is 5.75 Å². The molecule has 0 bridgehead atoms. The van der Waals surface area contributed by atoms with Crippen molar-refractivity contribution in [3.8, 4) is 11.4 Å². The van der Waals surface area contributed by atoms with E-state index >= 15 is 0 Å². The van der Waals surface area contributed by atoms with Crippen LogP contribution in [-0.4, -0.2) is 26.4 Å². The summed E-state index contributed by atoms with van der Waals surface area (Å²) in [4.78, 5) is 12.3. The zero-order valence-corrected chi connectivity index (χ0v) is 17.6. The second-order valence-electron chi connectivity index (χ2n) is 6.80. The number of aryl methyl sites for hydroxylation is 1. The molecule has 1 atom stereocenters. The lowest BCUT2D eigenvalue weighted by Crippen LogP contribution is -2.24. The summed E-state index contributed by atoms with van der Waals surface area (Å²) in [5.74, 6) is 2.34. The van der Waals surface area contributed by atoms with E-state index in [1.165, 1.54) is 11.8 Å². The number of aromatic nitrogens is 3. The molecular weight excluding hydrogens is 400 g/mol. The molecule has 0 fully saturated rings. The van der Waals surface area contributed by atoms with Crippen LogP contribution in [0.15, 0.2) is 75.0 Å². The molecule has 1 N–H and O–H groups in total. The van der Waals surface area contributed by atoms with Gasteiger partial charge in [-0.25, -0.2) is 0 Å². The van der Waals surface area contributed by atoms with Gasteiger partial charge in [-0.15, -0.1) is 10.2 Å². The molecule has 7 nitrogen and oxygen atoms in total. The Bertz CT molecular complexity index is 1100. The highest BCUT2D eigenvalue weighted by Gasteiger charge is 2.23. The molecule has 0 aliphatic rings. The highest BCUT2D eigenvalue weighted by molar-refractivity contribution is 7.99. The lowest BCUT2D eigenvalue weighted by Gasteiger charge is -2.18. The van der Waals surface area contributed by atoms with Gasteiger partial charge < -0.3 is 14.2 Å². The summed E-state index contributed by atoms with van der Waals surface area (Å²) in [7, 11) is 0. The van der Waals surface area contributed by atoms with Gasteiger partial charge in [0, 0.05) is 0 Å². The van der Waals surface area contributed by atoms with E-state index in [1.807, 2.05) is 37.3 Å². The lowest BCUT2D eigenvalue weighted by molar-refractivity contribution is -0.118. The van der Waals surface area contributed by atoms with Crippen LogP contribution >= 0.6 is 11.8 Å². The predicted octanol–water partition coefficient (Wildman–Crippen LogP) is 4.46. The van der Waals surface area contributed by atoms with Gasteiger partial charge in [-0.05, 0) is 37.6 Å². The Kier molecular flexibility index (Phi) is 6.04. The zero-order chi connectivity index (χ0) is 20.9. The number of rotatable bonds is 8. The van der Waals surface area contributed by atoms with E-state index < -0.39 is 0 Å². The van der Waals surface area contributed by atoms with E-state index in [9.17, 15) is 4.79 Å². The van der Waals surface area contributed by atoms with E-state index in [-0.39, 0.29) is 17.7 Å². The van der Waals surface area contributed by atoms with Gasteiger partial charge in [0.1, 0.15) is 11.5 Å². The minimum atomic E-state index is -0.0978. The molecule has 0 spiro atoms. The fraction of sp³-hybridized carbons (Fsp3) is 0.227. The zero-order valence-electron chi connectivity index (χ0n) is 16.7. The normalized spacial score (nSPS) is 12.1. The van der Waals surface area contributed by atoms with Crippen molar-refractivity contribution in [3.63, 3.8) is 0 Å². The third-order valence-electron chi connectivity index (χ3n) is 4.81. The van der Waals surface area contributed by atoms with Crippen LogP contribution in [0, 0.1) is 6.92 Å². The largest absolute Gasteiger partial charge is 0.469 e. The van der Waals surface area contributed by atoms with E-state index in [1.54, 1.807) is 18.6 Å². The van der Waals surface area contributed by atoms with Crippen molar-refractivity contribution >= 4 is 17.7 Å². The molecule has 1 unspecified atom stereocenters. The highest BCUT2D eigenvalue weighted by atomic mass is 32.2. The van der Waals surface area contributed by atoms with Crippen LogP contribution in [0.4, 0.5) is 0 Å². The van der Waals surface area contributed by atoms with Crippen molar-refractivity contribution in [1.29, 1.82) is 0 Å². The second kappa shape index (κ2) is 9.04. The molecule has 1 aromatic carbocycles. The van der Waals surface area contributed by atoms with Gasteiger partial charge in [-0.1, -0.05) is 42.1 Å². The number of hydrogen-bond donors (Lipinski definition) is 1. The summed E-state index contributed by atoms with van der Waals surface area (Å²) in [5, 5.41) is 12.3. The number of nitrogens with zero attached hydrogens (tertiary/aromatic N) is 3. The van der Waals surface area contributed by atoms with Gasteiger partial charge in [0.2, 0.25) is 5.91 Å². The average Bonchev–Trinajstić information content (AvgIpc) is 3.51. The first-order valence-corrected chi connectivity index (χ1v) is 10.6. The summed E-state index contributed by atoms with van der Waals surface area (Å²) in [5.41, 5.74) is 2.02. The molecule has 1 amide bonds. The third-order valence-corrected chi connectivity index (χ3v) is 5.75. The predicted molar refractivity (Wildman–Crippen MR) is 114 cm³/mol. The molecule has 3 heterocycles. The van der Waals surface area contributed by atoms with E-state index in [0.717, 1.165) is 22.7 Å². The van der Waals surface area contributed by atoms with Gasteiger partial charge in [0.15, 0.2) is 11.0 Å². The number of carbonyl (C=O) groups is 1. The SMILES string of the molecule is Cc1occc1-c1nnc(SCC(=O)NCc2ccco2)n1C(C)c1ccccc1. The Balaban J connectivity index is 1.56. The van der Waals surface area contributed by atoms with Crippen molar-refractivity contribution in [2.24, 2.45) is 0 Å². The van der Waals surface area contributed by atoms with Crippen LogP contribution in [0.25, 0.3) is 11.4 Å². The van der Waals surface area contributed by atoms with Crippen molar-refractivity contribution in [2.45, 2.75) is 31.6 Å².